The number of amides is 1. The molecule has 0 spiro atoms. The molecule has 0 unspecified atom stereocenters. The van der Waals surface area contributed by atoms with Crippen LogP contribution in [0, 0.1) is 6.92 Å². The lowest BCUT2D eigenvalue weighted by Crippen LogP contribution is -2.33. The first kappa shape index (κ1) is 16.3. The van der Waals surface area contributed by atoms with Crippen LogP contribution in [0.3, 0.4) is 0 Å². The van der Waals surface area contributed by atoms with E-state index in [1.54, 1.807) is 30.1 Å². The van der Waals surface area contributed by atoms with Crippen molar-refractivity contribution in [2.75, 3.05) is 13.7 Å². The molecule has 0 fully saturated rings. The second-order valence-electron chi connectivity index (χ2n) is 5.60. The van der Waals surface area contributed by atoms with E-state index in [0.717, 1.165) is 5.56 Å². The molecule has 0 N–H and O–H groups in total. The average molecular weight is 345 g/mol. The highest BCUT2D eigenvalue weighted by molar-refractivity contribution is 6.31. The zero-order valence-corrected chi connectivity index (χ0v) is 14.2. The first-order chi connectivity index (χ1) is 11.5. The molecule has 1 heterocycles. The van der Waals surface area contributed by atoms with Gasteiger partial charge in [-0.25, -0.2) is 0 Å². The molecule has 0 atom stereocenters. The first-order valence-corrected chi connectivity index (χ1v) is 7.84. The second-order valence-corrected chi connectivity index (χ2v) is 6.04. The third kappa shape index (κ3) is 3.65. The number of hydrogen-bond acceptors (Lipinski definition) is 4. The molecule has 0 aliphatic heterocycles. The van der Waals surface area contributed by atoms with Crippen molar-refractivity contribution in [1.29, 1.82) is 0 Å². The predicted molar refractivity (Wildman–Crippen MR) is 91.6 cm³/mol. The summed E-state index contributed by atoms with van der Waals surface area (Å²) in [4.78, 5) is 20.5. The monoisotopic (exact) mass is 344 g/mol. The molecule has 0 bridgehead atoms. The molecular weight excluding hydrogens is 328 g/mol. The highest BCUT2D eigenvalue weighted by Crippen LogP contribution is 2.16. The van der Waals surface area contributed by atoms with Gasteiger partial charge in [-0.1, -0.05) is 46.3 Å². The Bertz CT molecular complexity index is 861. The standard InChI is InChI=1S/C17H17ClN4O2/c1-12-3-5-13(6-4-12)10-21(2)17(23)11-24-22-16-9-14(18)7-8-15(16)19-20-22/h3-9H,10-11H2,1-2H3. The van der Waals surface area contributed by atoms with E-state index in [-0.39, 0.29) is 12.5 Å². The van der Waals surface area contributed by atoms with E-state index in [2.05, 4.69) is 10.3 Å². The van der Waals surface area contributed by atoms with E-state index in [9.17, 15) is 4.79 Å². The minimum Gasteiger partial charge on any atom is -0.385 e. The molecule has 3 rings (SSSR count). The molecule has 3 aromatic rings. The van der Waals surface area contributed by atoms with Crippen LogP contribution in [0.5, 0.6) is 0 Å². The first-order valence-electron chi connectivity index (χ1n) is 7.47. The molecule has 124 valence electrons. The van der Waals surface area contributed by atoms with Gasteiger partial charge >= 0.3 is 0 Å². The number of carbonyl (C=O) groups is 1. The number of hydrogen-bond donors (Lipinski definition) is 0. The maximum Gasteiger partial charge on any atom is 0.263 e. The normalized spacial score (nSPS) is 10.8. The SMILES string of the molecule is Cc1ccc(CN(C)C(=O)COn2nnc3ccc(Cl)cc32)cc1. The Kier molecular flexibility index (Phi) is 4.66. The van der Waals surface area contributed by atoms with Crippen LogP contribution in [0.25, 0.3) is 11.0 Å². The van der Waals surface area contributed by atoms with Crippen molar-refractivity contribution in [3.63, 3.8) is 0 Å². The largest absolute Gasteiger partial charge is 0.385 e. The predicted octanol–water partition coefficient (Wildman–Crippen LogP) is 2.48. The van der Waals surface area contributed by atoms with Crippen molar-refractivity contribution in [3.05, 3.63) is 58.6 Å². The summed E-state index contributed by atoms with van der Waals surface area (Å²) in [5, 5.41) is 8.39. The van der Waals surface area contributed by atoms with Gasteiger partial charge in [0.25, 0.3) is 5.91 Å². The van der Waals surface area contributed by atoms with Gasteiger partial charge in [-0.3, -0.25) is 4.79 Å². The molecule has 0 saturated carbocycles. The summed E-state index contributed by atoms with van der Waals surface area (Å²) in [7, 11) is 1.74. The van der Waals surface area contributed by atoms with Crippen molar-refractivity contribution < 1.29 is 9.63 Å². The highest BCUT2D eigenvalue weighted by atomic mass is 35.5. The molecule has 24 heavy (non-hydrogen) atoms. The van der Waals surface area contributed by atoms with E-state index in [1.807, 2.05) is 31.2 Å². The Morgan fingerprint density at radius 1 is 1.25 bits per heavy atom. The fourth-order valence-electron chi connectivity index (χ4n) is 2.25. The van der Waals surface area contributed by atoms with E-state index in [0.29, 0.717) is 22.6 Å². The fraction of sp³-hybridized carbons (Fsp3) is 0.235. The highest BCUT2D eigenvalue weighted by Gasteiger charge is 2.12. The molecule has 0 saturated heterocycles. The maximum atomic E-state index is 12.2. The molecule has 1 aromatic heterocycles. The van der Waals surface area contributed by atoms with Gasteiger partial charge in [0.2, 0.25) is 0 Å². The number of halogens is 1. The molecule has 0 aliphatic rings. The number of nitrogens with zero attached hydrogens (tertiary/aromatic N) is 4. The van der Waals surface area contributed by atoms with Crippen LogP contribution in [0.15, 0.2) is 42.5 Å². The van der Waals surface area contributed by atoms with Crippen LogP contribution in [0.1, 0.15) is 11.1 Å². The van der Waals surface area contributed by atoms with Crippen molar-refractivity contribution in [1.82, 2.24) is 20.1 Å². The Hall–Kier alpha value is -2.60. The molecule has 7 heteroatoms. The number of likely N-dealkylation sites (N-methyl/N-ethyl adjacent to an activating group) is 1. The fourth-order valence-corrected chi connectivity index (χ4v) is 2.42. The number of rotatable bonds is 5. The Morgan fingerprint density at radius 2 is 2.00 bits per heavy atom. The van der Waals surface area contributed by atoms with Gasteiger partial charge in [-0.2, -0.15) is 0 Å². The van der Waals surface area contributed by atoms with Gasteiger partial charge < -0.3 is 9.74 Å². The molecule has 0 aliphatic carbocycles. The zero-order valence-electron chi connectivity index (χ0n) is 13.4. The summed E-state index contributed by atoms with van der Waals surface area (Å²) in [5.74, 6) is -0.152. The molecule has 0 radical (unpaired) electrons. The number of fused-ring (bicyclic) bond motifs is 1. The summed E-state index contributed by atoms with van der Waals surface area (Å²) in [5.41, 5.74) is 3.53. The minimum absolute atomic E-state index is 0.132. The van der Waals surface area contributed by atoms with Gasteiger partial charge in [-0.05, 0) is 35.9 Å². The van der Waals surface area contributed by atoms with Crippen molar-refractivity contribution >= 4 is 28.5 Å². The number of benzene rings is 2. The van der Waals surface area contributed by atoms with Crippen LogP contribution >= 0.6 is 11.6 Å². The van der Waals surface area contributed by atoms with Gasteiger partial charge in [0.05, 0.1) is 0 Å². The topological polar surface area (TPSA) is 60.2 Å². The number of carbonyl (C=O) groups excluding carboxylic acids is 1. The van der Waals surface area contributed by atoms with Crippen LogP contribution < -0.4 is 4.84 Å². The number of aromatic nitrogens is 3. The average Bonchev–Trinajstić information content (AvgIpc) is 2.96. The minimum atomic E-state index is -0.152. The van der Waals surface area contributed by atoms with E-state index >= 15 is 0 Å². The quantitative estimate of drug-likeness (QED) is 0.713. The smallest absolute Gasteiger partial charge is 0.263 e. The lowest BCUT2D eigenvalue weighted by Gasteiger charge is -2.17. The summed E-state index contributed by atoms with van der Waals surface area (Å²) < 4.78 is 0. The van der Waals surface area contributed by atoms with E-state index < -0.39 is 0 Å². The Balaban J connectivity index is 1.61. The Labute approximate surface area is 144 Å². The van der Waals surface area contributed by atoms with Crippen LogP contribution in [-0.4, -0.2) is 39.6 Å². The summed E-state index contributed by atoms with van der Waals surface area (Å²) in [6.07, 6.45) is 0. The molecule has 2 aromatic carbocycles. The van der Waals surface area contributed by atoms with Gasteiger partial charge in [0, 0.05) is 18.6 Å². The van der Waals surface area contributed by atoms with Gasteiger partial charge in [0.15, 0.2) is 6.61 Å². The van der Waals surface area contributed by atoms with E-state index in [4.69, 9.17) is 16.4 Å². The van der Waals surface area contributed by atoms with Crippen LogP contribution in [-0.2, 0) is 11.3 Å². The Morgan fingerprint density at radius 3 is 2.75 bits per heavy atom. The molecular formula is C17H17ClN4O2. The van der Waals surface area contributed by atoms with Gasteiger partial charge in [0.1, 0.15) is 11.0 Å². The van der Waals surface area contributed by atoms with Gasteiger partial charge in [-0.15, -0.1) is 5.10 Å². The third-order valence-electron chi connectivity index (χ3n) is 3.65. The number of aryl methyl sites for hydroxylation is 1. The van der Waals surface area contributed by atoms with Crippen LogP contribution in [0.4, 0.5) is 0 Å². The summed E-state index contributed by atoms with van der Waals surface area (Å²) in [6, 6.07) is 13.2. The van der Waals surface area contributed by atoms with Crippen LogP contribution in [0.2, 0.25) is 5.02 Å². The second kappa shape index (κ2) is 6.88. The summed E-state index contributed by atoms with van der Waals surface area (Å²) in [6.45, 7) is 2.42. The zero-order chi connectivity index (χ0) is 17.1. The van der Waals surface area contributed by atoms with Crippen molar-refractivity contribution in [2.24, 2.45) is 0 Å². The van der Waals surface area contributed by atoms with E-state index in [1.165, 1.54) is 10.4 Å². The summed E-state index contributed by atoms with van der Waals surface area (Å²) >= 11 is 5.96. The third-order valence-corrected chi connectivity index (χ3v) is 3.89. The molecule has 1 amide bonds. The maximum absolute atomic E-state index is 12.2. The van der Waals surface area contributed by atoms with Crippen molar-refractivity contribution in [2.45, 2.75) is 13.5 Å². The van der Waals surface area contributed by atoms with Crippen molar-refractivity contribution in [3.8, 4) is 0 Å². The lowest BCUT2D eigenvalue weighted by molar-refractivity contribution is -0.136. The lowest BCUT2D eigenvalue weighted by atomic mass is 10.1. The molecule has 6 nitrogen and oxygen atoms in total.